The van der Waals surface area contributed by atoms with Crippen molar-refractivity contribution < 1.29 is 9.84 Å². The van der Waals surface area contributed by atoms with Crippen LogP contribution in [0.5, 0.6) is 0 Å². The van der Waals surface area contributed by atoms with Crippen LogP contribution in [0.1, 0.15) is 25.7 Å². The lowest BCUT2D eigenvalue weighted by atomic mass is 9.96. The summed E-state index contributed by atoms with van der Waals surface area (Å²) in [5, 5.41) is 9.49. The Bertz CT molecular complexity index is 160. The summed E-state index contributed by atoms with van der Waals surface area (Å²) in [6, 6.07) is 0. The lowest BCUT2D eigenvalue weighted by Gasteiger charge is -2.42. The van der Waals surface area contributed by atoms with E-state index in [0.29, 0.717) is 6.61 Å². The van der Waals surface area contributed by atoms with E-state index in [-0.39, 0.29) is 5.54 Å². The van der Waals surface area contributed by atoms with Gasteiger partial charge in [0.1, 0.15) is 0 Å². The number of aliphatic hydroxyl groups is 1. The Morgan fingerprint density at radius 2 is 1.77 bits per heavy atom. The topological polar surface area (TPSA) is 32.7 Å². The van der Waals surface area contributed by atoms with Crippen molar-refractivity contribution in [3.8, 4) is 0 Å². The summed E-state index contributed by atoms with van der Waals surface area (Å²) >= 11 is 0. The van der Waals surface area contributed by atoms with E-state index < -0.39 is 0 Å². The van der Waals surface area contributed by atoms with Gasteiger partial charge in [0, 0.05) is 18.6 Å². The van der Waals surface area contributed by atoms with Gasteiger partial charge in [-0.25, -0.2) is 0 Å². The molecule has 0 unspecified atom stereocenters. The molecule has 0 aromatic rings. The molecule has 0 amide bonds. The first-order valence-corrected chi connectivity index (χ1v) is 5.31. The van der Waals surface area contributed by atoms with Gasteiger partial charge < -0.3 is 9.84 Å². The maximum absolute atomic E-state index is 9.49. The van der Waals surface area contributed by atoms with E-state index in [1.54, 1.807) is 0 Å². The highest BCUT2D eigenvalue weighted by atomic mass is 16.5. The zero-order valence-corrected chi connectivity index (χ0v) is 8.17. The third kappa shape index (κ3) is 1.73. The van der Waals surface area contributed by atoms with Gasteiger partial charge in [-0.1, -0.05) is 12.8 Å². The number of hydrogen-bond acceptors (Lipinski definition) is 3. The third-order valence-corrected chi connectivity index (χ3v) is 3.51. The minimum absolute atomic E-state index is 0.115. The van der Waals surface area contributed by atoms with Gasteiger partial charge in [-0.15, -0.1) is 0 Å². The van der Waals surface area contributed by atoms with Crippen LogP contribution in [-0.2, 0) is 4.74 Å². The normalized spacial score (nSPS) is 29.3. The monoisotopic (exact) mass is 185 g/mol. The molecule has 76 valence electrons. The second-order valence-corrected chi connectivity index (χ2v) is 4.19. The van der Waals surface area contributed by atoms with Crippen molar-refractivity contribution in [2.45, 2.75) is 31.2 Å². The molecule has 0 aromatic heterocycles. The molecule has 3 nitrogen and oxygen atoms in total. The van der Waals surface area contributed by atoms with Crippen molar-refractivity contribution >= 4 is 0 Å². The zero-order valence-electron chi connectivity index (χ0n) is 8.17. The first-order chi connectivity index (χ1) is 6.37. The molecule has 2 fully saturated rings. The van der Waals surface area contributed by atoms with Gasteiger partial charge in [-0.2, -0.15) is 0 Å². The quantitative estimate of drug-likeness (QED) is 0.684. The Morgan fingerprint density at radius 3 is 2.31 bits per heavy atom. The second kappa shape index (κ2) is 3.95. The van der Waals surface area contributed by atoms with Crippen LogP contribution < -0.4 is 0 Å². The number of ether oxygens (including phenoxy) is 1. The zero-order chi connectivity index (χ0) is 9.15. The molecule has 0 atom stereocenters. The van der Waals surface area contributed by atoms with Gasteiger partial charge in [-0.05, 0) is 12.8 Å². The smallest absolute Gasteiger partial charge is 0.0615 e. The standard InChI is InChI=1S/C10H19NO2/c12-9-10(3-1-2-4-10)11-5-7-13-8-6-11/h12H,1-9H2. The van der Waals surface area contributed by atoms with Crippen LogP contribution >= 0.6 is 0 Å². The second-order valence-electron chi connectivity index (χ2n) is 4.19. The fourth-order valence-corrected chi connectivity index (χ4v) is 2.65. The van der Waals surface area contributed by atoms with Crippen LogP contribution in [0.3, 0.4) is 0 Å². The van der Waals surface area contributed by atoms with Crippen LogP contribution in [0.4, 0.5) is 0 Å². The molecule has 3 heteroatoms. The molecule has 1 saturated heterocycles. The van der Waals surface area contributed by atoms with E-state index >= 15 is 0 Å². The van der Waals surface area contributed by atoms with Crippen LogP contribution in [-0.4, -0.2) is 48.5 Å². The Kier molecular flexibility index (Phi) is 2.86. The molecule has 2 aliphatic rings. The highest BCUT2D eigenvalue weighted by Crippen LogP contribution is 2.35. The molecule has 1 aliphatic carbocycles. The maximum Gasteiger partial charge on any atom is 0.0615 e. The lowest BCUT2D eigenvalue weighted by Crippen LogP contribution is -2.54. The van der Waals surface area contributed by atoms with Crippen molar-refractivity contribution in [2.75, 3.05) is 32.9 Å². The molecule has 0 radical (unpaired) electrons. The molecule has 13 heavy (non-hydrogen) atoms. The molecular weight excluding hydrogens is 166 g/mol. The molecule has 0 aromatic carbocycles. The number of hydrogen-bond donors (Lipinski definition) is 1. The number of rotatable bonds is 2. The third-order valence-electron chi connectivity index (χ3n) is 3.51. The van der Waals surface area contributed by atoms with E-state index in [0.717, 1.165) is 26.3 Å². The summed E-state index contributed by atoms with van der Waals surface area (Å²) in [6.07, 6.45) is 4.89. The van der Waals surface area contributed by atoms with Crippen molar-refractivity contribution in [2.24, 2.45) is 0 Å². The van der Waals surface area contributed by atoms with Crippen molar-refractivity contribution in [3.63, 3.8) is 0 Å². The largest absolute Gasteiger partial charge is 0.394 e. The van der Waals surface area contributed by atoms with Crippen LogP contribution in [0.15, 0.2) is 0 Å². The van der Waals surface area contributed by atoms with Crippen molar-refractivity contribution in [3.05, 3.63) is 0 Å². The summed E-state index contributed by atoms with van der Waals surface area (Å²) in [7, 11) is 0. The minimum Gasteiger partial charge on any atom is -0.394 e. The fourth-order valence-electron chi connectivity index (χ4n) is 2.65. The van der Waals surface area contributed by atoms with Gasteiger partial charge >= 0.3 is 0 Å². The number of morpholine rings is 1. The van der Waals surface area contributed by atoms with E-state index in [4.69, 9.17) is 4.74 Å². The van der Waals surface area contributed by atoms with Crippen LogP contribution in [0, 0.1) is 0 Å². The summed E-state index contributed by atoms with van der Waals surface area (Å²) in [6.45, 7) is 4.00. The molecule has 1 saturated carbocycles. The van der Waals surface area contributed by atoms with E-state index in [2.05, 4.69) is 4.90 Å². The predicted molar refractivity (Wildman–Crippen MR) is 50.7 cm³/mol. The molecule has 1 N–H and O–H groups in total. The Morgan fingerprint density at radius 1 is 1.15 bits per heavy atom. The first kappa shape index (κ1) is 9.44. The van der Waals surface area contributed by atoms with E-state index in [9.17, 15) is 5.11 Å². The Hall–Kier alpha value is -0.120. The molecular formula is C10H19NO2. The average molecular weight is 185 g/mol. The van der Waals surface area contributed by atoms with Crippen molar-refractivity contribution in [1.29, 1.82) is 0 Å². The highest BCUT2D eigenvalue weighted by molar-refractivity contribution is 4.95. The lowest BCUT2D eigenvalue weighted by molar-refractivity contribution is -0.0414. The summed E-state index contributed by atoms with van der Waals surface area (Å²) in [5.41, 5.74) is 0.115. The molecule has 0 bridgehead atoms. The van der Waals surface area contributed by atoms with E-state index in [1.165, 1.54) is 25.7 Å². The number of aliphatic hydroxyl groups excluding tert-OH is 1. The van der Waals surface area contributed by atoms with Gasteiger partial charge in [0.05, 0.1) is 19.8 Å². The predicted octanol–water partition coefficient (Wildman–Crippen LogP) is 0.624. The van der Waals surface area contributed by atoms with Gasteiger partial charge in [-0.3, -0.25) is 4.90 Å². The van der Waals surface area contributed by atoms with E-state index in [1.807, 2.05) is 0 Å². The SMILES string of the molecule is OCC1(N2CCOCC2)CCCC1. The first-order valence-electron chi connectivity index (χ1n) is 5.31. The van der Waals surface area contributed by atoms with Gasteiger partial charge in [0.2, 0.25) is 0 Å². The number of nitrogens with zero attached hydrogens (tertiary/aromatic N) is 1. The maximum atomic E-state index is 9.49. The summed E-state index contributed by atoms with van der Waals surface area (Å²) in [5.74, 6) is 0. The Balaban J connectivity index is 2.01. The molecule has 1 heterocycles. The van der Waals surface area contributed by atoms with Gasteiger partial charge in [0.25, 0.3) is 0 Å². The molecule has 0 spiro atoms. The molecule has 2 rings (SSSR count). The average Bonchev–Trinajstić information content (AvgIpc) is 2.69. The highest BCUT2D eigenvalue weighted by Gasteiger charge is 2.39. The molecule has 1 aliphatic heterocycles. The minimum atomic E-state index is 0.115. The Labute approximate surface area is 79.7 Å². The fraction of sp³-hybridized carbons (Fsp3) is 1.00. The van der Waals surface area contributed by atoms with Crippen LogP contribution in [0.25, 0.3) is 0 Å². The van der Waals surface area contributed by atoms with Crippen molar-refractivity contribution in [1.82, 2.24) is 4.90 Å². The van der Waals surface area contributed by atoms with Crippen LogP contribution in [0.2, 0.25) is 0 Å². The summed E-state index contributed by atoms with van der Waals surface area (Å²) < 4.78 is 5.33. The van der Waals surface area contributed by atoms with Gasteiger partial charge in [0.15, 0.2) is 0 Å². The summed E-state index contributed by atoms with van der Waals surface area (Å²) in [4.78, 5) is 2.43.